The minimum Gasteiger partial charge on any atom is -0.508 e. The second-order valence-electron chi connectivity index (χ2n) is 4.67. The predicted octanol–water partition coefficient (Wildman–Crippen LogP) is 1.68. The molecule has 3 N–H and O–H groups in total. The zero-order chi connectivity index (χ0) is 16.2. The molecule has 116 valence electrons. The fourth-order valence-electron chi connectivity index (χ4n) is 1.86. The zero-order valence-corrected chi connectivity index (χ0v) is 12.4. The summed E-state index contributed by atoms with van der Waals surface area (Å²) in [5.74, 6) is -0.760. The van der Waals surface area contributed by atoms with Crippen molar-refractivity contribution >= 4 is 16.0 Å². The summed E-state index contributed by atoms with van der Waals surface area (Å²) in [6.45, 7) is -0.155. The number of benzene rings is 2. The molecule has 0 saturated carbocycles. The highest BCUT2D eigenvalue weighted by atomic mass is 32.2. The second-order valence-corrected chi connectivity index (χ2v) is 6.24. The topological polar surface area (TPSA) is 104 Å². The van der Waals surface area contributed by atoms with Crippen molar-refractivity contribution in [3.05, 3.63) is 54.1 Å². The average Bonchev–Trinajstić information content (AvgIpc) is 2.47. The first-order chi connectivity index (χ1) is 10.3. The van der Waals surface area contributed by atoms with E-state index in [9.17, 15) is 18.3 Å². The number of amides is 1. The van der Waals surface area contributed by atoms with Gasteiger partial charge in [0.05, 0.1) is 5.75 Å². The molecule has 0 radical (unpaired) electrons. The molecule has 0 heterocycles. The van der Waals surface area contributed by atoms with Crippen molar-refractivity contribution in [3.63, 3.8) is 0 Å². The van der Waals surface area contributed by atoms with Crippen molar-refractivity contribution in [2.75, 3.05) is 12.3 Å². The third-order valence-electron chi connectivity index (χ3n) is 2.99. The molecular formula is C15H15NO5S. The third-order valence-corrected chi connectivity index (χ3v) is 3.71. The lowest BCUT2D eigenvalue weighted by Crippen LogP contribution is -2.28. The normalized spacial score (nSPS) is 11.1. The van der Waals surface area contributed by atoms with E-state index < -0.39 is 21.8 Å². The zero-order valence-electron chi connectivity index (χ0n) is 11.6. The lowest BCUT2D eigenvalue weighted by Gasteiger charge is -2.06. The van der Waals surface area contributed by atoms with Crippen molar-refractivity contribution in [2.45, 2.75) is 0 Å². The number of phenols is 1. The van der Waals surface area contributed by atoms with E-state index in [0.717, 1.165) is 11.1 Å². The first kappa shape index (κ1) is 16.0. The van der Waals surface area contributed by atoms with Crippen LogP contribution in [0.1, 0.15) is 10.4 Å². The molecule has 0 fully saturated rings. The van der Waals surface area contributed by atoms with Gasteiger partial charge in [0.25, 0.3) is 16.0 Å². The highest BCUT2D eigenvalue weighted by molar-refractivity contribution is 7.85. The number of carbonyl (C=O) groups is 1. The number of hydrogen-bond acceptors (Lipinski definition) is 4. The Morgan fingerprint density at radius 3 is 1.95 bits per heavy atom. The quantitative estimate of drug-likeness (QED) is 0.727. The Labute approximate surface area is 128 Å². The summed E-state index contributed by atoms with van der Waals surface area (Å²) in [6, 6.07) is 13.4. The standard InChI is InChI=1S/C15H15NO5S/c17-14-7-5-12(6-8-14)11-1-3-13(4-2-11)15(18)16-9-10-22(19,20)21/h1-8,17H,9-10H2,(H,16,18)(H,19,20,21). The Balaban J connectivity index is 2.02. The van der Waals surface area contributed by atoms with Crippen LogP contribution in [0.25, 0.3) is 11.1 Å². The SMILES string of the molecule is O=C(NCCS(=O)(=O)O)c1ccc(-c2ccc(O)cc2)cc1. The Hall–Kier alpha value is -2.38. The number of rotatable bonds is 5. The van der Waals surface area contributed by atoms with Gasteiger partial charge >= 0.3 is 0 Å². The predicted molar refractivity (Wildman–Crippen MR) is 82.3 cm³/mol. The van der Waals surface area contributed by atoms with Gasteiger partial charge in [-0.15, -0.1) is 0 Å². The fourth-order valence-corrected chi connectivity index (χ4v) is 2.22. The van der Waals surface area contributed by atoms with Gasteiger partial charge in [0, 0.05) is 12.1 Å². The summed E-state index contributed by atoms with van der Waals surface area (Å²) < 4.78 is 29.7. The molecule has 0 aliphatic carbocycles. The smallest absolute Gasteiger partial charge is 0.266 e. The number of hydrogen-bond donors (Lipinski definition) is 3. The second kappa shape index (κ2) is 6.59. The summed E-state index contributed by atoms with van der Waals surface area (Å²) in [5.41, 5.74) is 2.17. The van der Waals surface area contributed by atoms with Gasteiger partial charge in [0.2, 0.25) is 0 Å². The highest BCUT2D eigenvalue weighted by Gasteiger charge is 2.08. The number of nitrogens with one attached hydrogen (secondary N) is 1. The molecule has 0 atom stereocenters. The molecule has 2 rings (SSSR count). The molecule has 0 saturated heterocycles. The molecule has 2 aromatic carbocycles. The van der Waals surface area contributed by atoms with Gasteiger partial charge in [0.1, 0.15) is 5.75 Å². The van der Waals surface area contributed by atoms with E-state index in [-0.39, 0.29) is 12.3 Å². The summed E-state index contributed by atoms with van der Waals surface area (Å²) in [5, 5.41) is 11.7. The summed E-state index contributed by atoms with van der Waals surface area (Å²) >= 11 is 0. The highest BCUT2D eigenvalue weighted by Crippen LogP contribution is 2.22. The summed E-state index contributed by atoms with van der Waals surface area (Å²) in [4.78, 5) is 11.8. The molecule has 1 amide bonds. The van der Waals surface area contributed by atoms with Crippen LogP contribution in [-0.4, -0.2) is 36.3 Å². The van der Waals surface area contributed by atoms with Crippen molar-refractivity contribution in [3.8, 4) is 16.9 Å². The molecule has 0 bridgehead atoms. The minimum atomic E-state index is -4.08. The number of phenolic OH excluding ortho intramolecular Hbond substituents is 1. The van der Waals surface area contributed by atoms with Crippen molar-refractivity contribution in [1.29, 1.82) is 0 Å². The molecule has 7 heteroatoms. The Bertz CT molecular complexity index is 752. The molecule has 0 aliphatic heterocycles. The molecule has 0 spiro atoms. The van der Waals surface area contributed by atoms with E-state index in [1.54, 1.807) is 48.5 Å². The lowest BCUT2D eigenvalue weighted by molar-refractivity contribution is 0.0956. The van der Waals surface area contributed by atoms with Crippen LogP contribution in [0.15, 0.2) is 48.5 Å². The van der Waals surface area contributed by atoms with Crippen LogP contribution in [0, 0.1) is 0 Å². The Kier molecular flexibility index (Phi) is 4.79. The van der Waals surface area contributed by atoms with E-state index >= 15 is 0 Å². The van der Waals surface area contributed by atoms with Crippen LogP contribution < -0.4 is 5.32 Å². The third kappa shape index (κ3) is 4.57. The maximum atomic E-state index is 11.8. The van der Waals surface area contributed by atoms with E-state index in [2.05, 4.69) is 5.32 Å². The maximum absolute atomic E-state index is 11.8. The van der Waals surface area contributed by atoms with E-state index in [1.165, 1.54) is 0 Å². The van der Waals surface area contributed by atoms with Crippen LogP contribution >= 0.6 is 0 Å². The Morgan fingerprint density at radius 2 is 1.45 bits per heavy atom. The molecular weight excluding hydrogens is 306 g/mol. The lowest BCUT2D eigenvalue weighted by atomic mass is 10.0. The summed E-state index contributed by atoms with van der Waals surface area (Å²) in [6.07, 6.45) is 0. The van der Waals surface area contributed by atoms with Gasteiger partial charge < -0.3 is 10.4 Å². The van der Waals surface area contributed by atoms with Gasteiger partial charge in [-0.05, 0) is 35.4 Å². The first-order valence-electron chi connectivity index (χ1n) is 6.48. The molecule has 0 unspecified atom stereocenters. The van der Waals surface area contributed by atoms with Crippen LogP contribution in [0.3, 0.4) is 0 Å². The molecule has 6 nitrogen and oxygen atoms in total. The molecule has 22 heavy (non-hydrogen) atoms. The van der Waals surface area contributed by atoms with Gasteiger partial charge in [-0.2, -0.15) is 8.42 Å². The monoisotopic (exact) mass is 321 g/mol. The Morgan fingerprint density at radius 1 is 0.955 bits per heavy atom. The number of aromatic hydroxyl groups is 1. The largest absolute Gasteiger partial charge is 0.508 e. The van der Waals surface area contributed by atoms with Crippen molar-refractivity contribution in [2.24, 2.45) is 0 Å². The van der Waals surface area contributed by atoms with Crippen molar-refractivity contribution in [1.82, 2.24) is 5.32 Å². The van der Waals surface area contributed by atoms with Gasteiger partial charge in [-0.25, -0.2) is 0 Å². The van der Waals surface area contributed by atoms with E-state index in [0.29, 0.717) is 5.56 Å². The van der Waals surface area contributed by atoms with Crippen LogP contribution in [-0.2, 0) is 10.1 Å². The summed E-state index contributed by atoms with van der Waals surface area (Å²) in [7, 11) is -4.08. The maximum Gasteiger partial charge on any atom is 0.266 e. The van der Waals surface area contributed by atoms with Crippen LogP contribution in [0.5, 0.6) is 5.75 Å². The molecule has 2 aromatic rings. The first-order valence-corrected chi connectivity index (χ1v) is 8.09. The minimum absolute atomic E-state index is 0.155. The molecule has 0 aromatic heterocycles. The van der Waals surface area contributed by atoms with E-state index in [4.69, 9.17) is 4.55 Å². The van der Waals surface area contributed by atoms with Crippen LogP contribution in [0.4, 0.5) is 0 Å². The number of carbonyl (C=O) groups excluding carboxylic acids is 1. The van der Waals surface area contributed by atoms with E-state index in [1.807, 2.05) is 0 Å². The average molecular weight is 321 g/mol. The van der Waals surface area contributed by atoms with Crippen molar-refractivity contribution < 1.29 is 22.9 Å². The van der Waals surface area contributed by atoms with Crippen LogP contribution in [0.2, 0.25) is 0 Å². The molecule has 0 aliphatic rings. The van der Waals surface area contributed by atoms with Gasteiger partial charge in [-0.3, -0.25) is 9.35 Å². The van der Waals surface area contributed by atoms with Gasteiger partial charge in [0.15, 0.2) is 0 Å². The fraction of sp³-hybridized carbons (Fsp3) is 0.133. The van der Waals surface area contributed by atoms with Gasteiger partial charge in [-0.1, -0.05) is 24.3 Å².